The number of carbonyl (C=O) groups excluding carboxylic acids is 1. The highest BCUT2D eigenvalue weighted by Gasteiger charge is 2.26. The molecule has 2 heterocycles. The van der Waals surface area contributed by atoms with Crippen molar-refractivity contribution in [3.8, 4) is 0 Å². The van der Waals surface area contributed by atoms with Crippen molar-refractivity contribution in [3.63, 3.8) is 0 Å². The number of nitrogens with zero attached hydrogens (tertiary/aromatic N) is 2. The lowest BCUT2D eigenvalue weighted by molar-refractivity contribution is 0.101. The van der Waals surface area contributed by atoms with Gasteiger partial charge in [0.25, 0.3) is 10.0 Å². The fourth-order valence-corrected chi connectivity index (χ4v) is 5.21. The molecule has 0 saturated carbocycles. The van der Waals surface area contributed by atoms with Gasteiger partial charge in [0.2, 0.25) is 0 Å². The highest BCUT2D eigenvalue weighted by Crippen LogP contribution is 2.33. The lowest BCUT2D eigenvalue weighted by Crippen LogP contribution is -2.16. The molecule has 162 valence electrons. The number of Topliss-reactive ketones (excluding diaryl/α,β-unsaturated/α-hetero) is 1. The van der Waals surface area contributed by atoms with Gasteiger partial charge in [0, 0.05) is 22.7 Å². The lowest BCUT2D eigenvalue weighted by atomic mass is 9.96. The topological polar surface area (TPSA) is 69.0 Å². The normalized spacial score (nSPS) is 12.4. The van der Waals surface area contributed by atoms with E-state index in [1.54, 1.807) is 54.7 Å². The first-order valence-corrected chi connectivity index (χ1v) is 11.8. The third-order valence-corrected chi connectivity index (χ3v) is 6.88. The van der Waals surface area contributed by atoms with Crippen LogP contribution in [0.2, 0.25) is 0 Å². The van der Waals surface area contributed by atoms with E-state index in [-0.39, 0.29) is 16.6 Å². The highest BCUT2D eigenvalue weighted by atomic mass is 32.2. The zero-order valence-corrected chi connectivity index (χ0v) is 19.0. The Hall–Kier alpha value is -3.51. The molecule has 0 spiro atoms. The quantitative estimate of drug-likeness (QED) is 0.365. The average Bonchev–Trinajstić information content (AvgIpc) is 3.18. The van der Waals surface area contributed by atoms with Crippen LogP contribution in [0.3, 0.4) is 0 Å². The molecule has 32 heavy (non-hydrogen) atoms. The maximum Gasteiger partial charge on any atom is 0.269 e. The second-order valence-electron chi connectivity index (χ2n) is 7.99. The molecule has 0 unspecified atom stereocenters. The maximum atomic E-state index is 13.8. The van der Waals surface area contributed by atoms with Gasteiger partial charge in [-0.3, -0.25) is 4.79 Å². The Labute approximate surface area is 188 Å². The zero-order chi connectivity index (χ0) is 22.9. The molecule has 5 nitrogen and oxygen atoms in total. The fraction of sp³-hybridized carbons (Fsp3) is 0.154. The minimum atomic E-state index is -3.92. The Morgan fingerprint density at radius 1 is 0.938 bits per heavy atom. The standard InChI is InChI=1S/C26H24N2O3S/c1-18(2)15-24(21-10-7-9-20(16-21)19(3)29)25-17-22-11-8-14-27-26(22)28(25)32(30,31)23-12-5-4-6-13-23/h4-18H,1-3H3/b24-15-. The summed E-state index contributed by atoms with van der Waals surface area (Å²) in [4.78, 5) is 16.6. The molecular weight excluding hydrogens is 420 g/mol. The summed E-state index contributed by atoms with van der Waals surface area (Å²) >= 11 is 0. The second-order valence-corrected chi connectivity index (χ2v) is 9.78. The smallest absolute Gasteiger partial charge is 0.269 e. The number of ketones is 1. The molecule has 0 aliphatic rings. The number of aromatic nitrogens is 2. The van der Waals surface area contributed by atoms with Crippen molar-refractivity contribution in [1.29, 1.82) is 0 Å². The Morgan fingerprint density at radius 3 is 2.34 bits per heavy atom. The molecule has 2 aromatic carbocycles. The monoisotopic (exact) mass is 444 g/mol. The van der Waals surface area contributed by atoms with Crippen molar-refractivity contribution in [3.05, 3.63) is 102 Å². The summed E-state index contributed by atoms with van der Waals surface area (Å²) in [6.07, 6.45) is 3.61. The third kappa shape index (κ3) is 4.01. The zero-order valence-electron chi connectivity index (χ0n) is 18.2. The molecule has 0 aliphatic carbocycles. The van der Waals surface area contributed by atoms with Crippen LogP contribution < -0.4 is 0 Å². The van der Waals surface area contributed by atoms with Crippen LogP contribution in [0, 0.1) is 5.92 Å². The number of fused-ring (bicyclic) bond motifs is 1. The van der Waals surface area contributed by atoms with Crippen molar-refractivity contribution in [2.45, 2.75) is 25.7 Å². The number of hydrogen-bond acceptors (Lipinski definition) is 4. The van der Waals surface area contributed by atoms with E-state index in [0.717, 1.165) is 16.5 Å². The van der Waals surface area contributed by atoms with Crippen LogP contribution >= 0.6 is 0 Å². The Bertz CT molecular complexity index is 1430. The molecule has 4 aromatic rings. The van der Waals surface area contributed by atoms with Gasteiger partial charge in [0.15, 0.2) is 11.4 Å². The van der Waals surface area contributed by atoms with Crippen LogP contribution in [0.15, 0.2) is 90.0 Å². The molecule has 6 heteroatoms. The van der Waals surface area contributed by atoms with Crippen LogP contribution in [-0.4, -0.2) is 23.2 Å². The van der Waals surface area contributed by atoms with E-state index in [1.165, 1.54) is 10.9 Å². The molecule has 0 fully saturated rings. The number of rotatable bonds is 6. The van der Waals surface area contributed by atoms with Gasteiger partial charge >= 0.3 is 0 Å². The van der Waals surface area contributed by atoms with E-state index < -0.39 is 10.0 Å². The summed E-state index contributed by atoms with van der Waals surface area (Å²) in [6.45, 7) is 5.59. The first-order chi connectivity index (χ1) is 15.3. The van der Waals surface area contributed by atoms with Crippen molar-refractivity contribution in [2.75, 3.05) is 0 Å². The van der Waals surface area contributed by atoms with E-state index in [2.05, 4.69) is 4.98 Å². The summed E-state index contributed by atoms with van der Waals surface area (Å²) < 4.78 is 28.8. The van der Waals surface area contributed by atoms with Crippen LogP contribution in [-0.2, 0) is 10.0 Å². The predicted octanol–water partition coefficient (Wildman–Crippen LogP) is 5.56. The summed E-state index contributed by atoms with van der Waals surface area (Å²) in [5, 5.41) is 0.722. The summed E-state index contributed by atoms with van der Waals surface area (Å²) in [6, 6.07) is 21.1. The van der Waals surface area contributed by atoms with Gasteiger partial charge in [0.05, 0.1) is 10.6 Å². The number of allylic oxidation sites excluding steroid dienone is 1. The van der Waals surface area contributed by atoms with Gasteiger partial charge in [-0.15, -0.1) is 0 Å². The van der Waals surface area contributed by atoms with E-state index >= 15 is 0 Å². The van der Waals surface area contributed by atoms with Crippen molar-refractivity contribution >= 4 is 32.4 Å². The van der Waals surface area contributed by atoms with Gasteiger partial charge < -0.3 is 0 Å². The number of hydrogen-bond donors (Lipinski definition) is 0. The molecule has 0 saturated heterocycles. The van der Waals surface area contributed by atoms with E-state index in [1.807, 2.05) is 44.2 Å². The van der Waals surface area contributed by atoms with Gasteiger partial charge in [-0.05, 0) is 54.8 Å². The van der Waals surface area contributed by atoms with Crippen LogP contribution in [0.1, 0.15) is 42.4 Å². The third-order valence-electron chi connectivity index (χ3n) is 5.16. The maximum absolute atomic E-state index is 13.8. The van der Waals surface area contributed by atoms with Crippen molar-refractivity contribution in [1.82, 2.24) is 8.96 Å². The van der Waals surface area contributed by atoms with Crippen molar-refractivity contribution in [2.24, 2.45) is 5.92 Å². The van der Waals surface area contributed by atoms with Crippen molar-refractivity contribution < 1.29 is 13.2 Å². The molecule has 2 aromatic heterocycles. The SMILES string of the molecule is CC(=O)c1cccc(/C(=C/C(C)C)c2cc3cccnc3n2S(=O)(=O)c2ccccc2)c1. The number of benzene rings is 2. The first-order valence-electron chi connectivity index (χ1n) is 10.4. The molecule has 0 radical (unpaired) electrons. The van der Waals surface area contributed by atoms with Crippen LogP contribution in [0.25, 0.3) is 16.6 Å². The molecule has 4 rings (SSSR count). The molecule has 0 N–H and O–H groups in total. The van der Waals surface area contributed by atoms with Gasteiger partial charge in [-0.25, -0.2) is 17.4 Å². The Balaban J connectivity index is 2.06. The van der Waals surface area contributed by atoms with E-state index in [0.29, 0.717) is 16.9 Å². The minimum absolute atomic E-state index is 0.0464. The average molecular weight is 445 g/mol. The van der Waals surface area contributed by atoms with E-state index in [9.17, 15) is 13.2 Å². The first kappa shape index (κ1) is 21.7. The number of pyridine rings is 1. The largest absolute Gasteiger partial charge is 0.295 e. The second kappa shape index (κ2) is 8.55. The molecule has 0 bridgehead atoms. The fourth-order valence-electron chi connectivity index (χ4n) is 3.71. The number of carbonyl (C=O) groups is 1. The molecule has 0 atom stereocenters. The van der Waals surface area contributed by atoms with Gasteiger partial charge in [-0.2, -0.15) is 0 Å². The Morgan fingerprint density at radius 2 is 1.66 bits per heavy atom. The summed E-state index contributed by atoms with van der Waals surface area (Å²) in [5.41, 5.74) is 2.96. The van der Waals surface area contributed by atoms with Gasteiger partial charge in [0.1, 0.15) is 0 Å². The minimum Gasteiger partial charge on any atom is -0.295 e. The van der Waals surface area contributed by atoms with Gasteiger partial charge in [-0.1, -0.05) is 56.3 Å². The molecular formula is C26H24N2O3S. The predicted molar refractivity (Wildman–Crippen MR) is 127 cm³/mol. The summed E-state index contributed by atoms with van der Waals surface area (Å²) in [7, 11) is -3.92. The Kier molecular flexibility index (Phi) is 5.80. The highest BCUT2D eigenvalue weighted by molar-refractivity contribution is 7.90. The summed E-state index contributed by atoms with van der Waals surface area (Å²) in [5.74, 6) is 0.0969. The molecule has 0 amide bonds. The molecule has 0 aliphatic heterocycles. The van der Waals surface area contributed by atoms with Crippen LogP contribution in [0.4, 0.5) is 0 Å². The van der Waals surface area contributed by atoms with Crippen LogP contribution in [0.5, 0.6) is 0 Å². The van der Waals surface area contributed by atoms with E-state index in [4.69, 9.17) is 0 Å². The lowest BCUT2D eigenvalue weighted by Gasteiger charge is -2.16.